The molecule has 0 aromatic heterocycles. The summed E-state index contributed by atoms with van der Waals surface area (Å²) in [6, 6.07) is 15.0. The zero-order chi connectivity index (χ0) is 15.3. The van der Waals surface area contributed by atoms with Gasteiger partial charge in [0.1, 0.15) is 0 Å². The summed E-state index contributed by atoms with van der Waals surface area (Å²) in [6.07, 6.45) is 1.80. The van der Waals surface area contributed by atoms with E-state index < -0.39 is 11.6 Å². The Morgan fingerprint density at radius 1 is 0.773 bits per heavy atom. The minimum absolute atomic E-state index is 0.0900. The average molecular weight is 292 g/mol. The van der Waals surface area contributed by atoms with Crippen LogP contribution in [0.4, 0.5) is 8.78 Å². The molecule has 0 saturated carbocycles. The van der Waals surface area contributed by atoms with E-state index in [0.29, 0.717) is 21.9 Å². The van der Waals surface area contributed by atoms with Crippen LogP contribution in [-0.4, -0.2) is 5.78 Å². The summed E-state index contributed by atoms with van der Waals surface area (Å²) in [4.78, 5) is 12.6. The number of hydrogen-bond acceptors (Lipinski definition) is 1. The highest BCUT2D eigenvalue weighted by Gasteiger charge is 2.24. The second kappa shape index (κ2) is 4.60. The molecule has 4 rings (SSSR count). The quantitative estimate of drug-likeness (QED) is 0.626. The zero-order valence-corrected chi connectivity index (χ0v) is 11.4. The first kappa shape index (κ1) is 12.9. The molecule has 0 N–H and O–H groups in total. The molecule has 0 aliphatic heterocycles. The van der Waals surface area contributed by atoms with Gasteiger partial charge in [-0.05, 0) is 52.2 Å². The third-order valence-electron chi connectivity index (χ3n) is 3.92. The summed E-state index contributed by atoms with van der Waals surface area (Å²) in [5.41, 5.74) is 2.71. The van der Waals surface area contributed by atoms with Crippen molar-refractivity contribution in [3.8, 4) is 0 Å². The monoisotopic (exact) mass is 292 g/mol. The number of allylic oxidation sites excluding steroid dienone is 1. The normalized spacial score (nSPS) is 13.4. The molecule has 0 fully saturated rings. The van der Waals surface area contributed by atoms with Crippen LogP contribution in [0.1, 0.15) is 21.5 Å². The van der Waals surface area contributed by atoms with Crippen LogP contribution in [0.5, 0.6) is 0 Å². The minimum Gasteiger partial charge on any atom is -0.289 e. The van der Waals surface area contributed by atoms with Crippen LogP contribution in [0.25, 0.3) is 22.4 Å². The SMILES string of the molecule is O=C1C(c2ccccc2)=Cc2cc3cc(F)c(F)cc3cc21. The van der Waals surface area contributed by atoms with Crippen molar-refractivity contribution in [2.75, 3.05) is 0 Å². The van der Waals surface area contributed by atoms with Crippen molar-refractivity contribution in [2.45, 2.75) is 0 Å². The highest BCUT2D eigenvalue weighted by atomic mass is 19.2. The molecule has 1 aliphatic carbocycles. The highest BCUT2D eigenvalue weighted by molar-refractivity contribution is 6.37. The summed E-state index contributed by atoms with van der Waals surface area (Å²) >= 11 is 0. The Morgan fingerprint density at radius 3 is 2.09 bits per heavy atom. The number of carbonyl (C=O) groups is 1. The average Bonchev–Trinajstić information content (AvgIpc) is 2.84. The fourth-order valence-corrected chi connectivity index (χ4v) is 2.83. The van der Waals surface area contributed by atoms with E-state index in [2.05, 4.69) is 0 Å². The second-order valence-electron chi connectivity index (χ2n) is 5.31. The van der Waals surface area contributed by atoms with Crippen molar-refractivity contribution in [3.63, 3.8) is 0 Å². The summed E-state index contributed by atoms with van der Waals surface area (Å²) in [5.74, 6) is -1.88. The van der Waals surface area contributed by atoms with E-state index in [1.54, 1.807) is 18.2 Å². The molecule has 0 heterocycles. The van der Waals surface area contributed by atoms with Crippen LogP contribution in [0.15, 0.2) is 54.6 Å². The van der Waals surface area contributed by atoms with Gasteiger partial charge >= 0.3 is 0 Å². The van der Waals surface area contributed by atoms with E-state index in [1.165, 1.54) is 0 Å². The lowest BCUT2D eigenvalue weighted by atomic mass is 10.00. The van der Waals surface area contributed by atoms with Crippen molar-refractivity contribution in [1.82, 2.24) is 0 Å². The van der Waals surface area contributed by atoms with E-state index in [0.717, 1.165) is 23.3 Å². The summed E-state index contributed by atoms with van der Waals surface area (Å²) in [6.45, 7) is 0. The van der Waals surface area contributed by atoms with Crippen molar-refractivity contribution in [2.24, 2.45) is 0 Å². The van der Waals surface area contributed by atoms with Crippen LogP contribution < -0.4 is 0 Å². The van der Waals surface area contributed by atoms with Gasteiger partial charge in [-0.2, -0.15) is 0 Å². The molecule has 3 aromatic carbocycles. The first-order valence-electron chi connectivity index (χ1n) is 6.88. The van der Waals surface area contributed by atoms with E-state index in [-0.39, 0.29) is 5.78 Å². The predicted molar refractivity (Wildman–Crippen MR) is 82.5 cm³/mol. The molecule has 3 heteroatoms. The number of carbonyl (C=O) groups excluding carboxylic acids is 1. The van der Waals surface area contributed by atoms with Gasteiger partial charge in [-0.1, -0.05) is 30.3 Å². The Bertz CT molecular complexity index is 956. The molecular weight excluding hydrogens is 282 g/mol. The Balaban J connectivity index is 1.91. The fourth-order valence-electron chi connectivity index (χ4n) is 2.83. The Morgan fingerprint density at radius 2 is 1.41 bits per heavy atom. The number of ketones is 1. The predicted octanol–water partition coefficient (Wildman–Crippen LogP) is 4.85. The molecule has 0 atom stereocenters. The Hall–Kier alpha value is -2.81. The van der Waals surface area contributed by atoms with E-state index >= 15 is 0 Å². The van der Waals surface area contributed by atoms with Gasteiger partial charge in [0.15, 0.2) is 17.4 Å². The Labute approximate surface area is 125 Å². The molecule has 1 aliphatic rings. The van der Waals surface area contributed by atoms with Gasteiger partial charge < -0.3 is 0 Å². The molecule has 0 radical (unpaired) electrons. The topological polar surface area (TPSA) is 17.1 Å². The summed E-state index contributed by atoms with van der Waals surface area (Å²) in [7, 11) is 0. The van der Waals surface area contributed by atoms with Crippen LogP contribution in [-0.2, 0) is 0 Å². The first-order valence-corrected chi connectivity index (χ1v) is 6.88. The van der Waals surface area contributed by atoms with Gasteiger partial charge in [-0.25, -0.2) is 8.78 Å². The smallest absolute Gasteiger partial charge is 0.194 e. The Kier molecular flexibility index (Phi) is 2.70. The first-order chi connectivity index (χ1) is 10.6. The molecule has 0 bridgehead atoms. The number of Topliss-reactive ketones (excluding diaryl/α,β-unsaturated/α-hetero) is 1. The summed E-state index contributed by atoms with van der Waals surface area (Å²) in [5, 5.41) is 1.10. The molecule has 0 unspecified atom stereocenters. The minimum atomic E-state index is -0.908. The molecule has 1 nitrogen and oxygen atoms in total. The molecule has 0 amide bonds. The third kappa shape index (κ3) is 1.86. The third-order valence-corrected chi connectivity index (χ3v) is 3.92. The van der Waals surface area contributed by atoms with Crippen molar-refractivity contribution >= 4 is 28.2 Å². The van der Waals surface area contributed by atoms with Gasteiger partial charge in [0, 0.05) is 11.1 Å². The molecule has 22 heavy (non-hydrogen) atoms. The molecule has 3 aromatic rings. The molecule has 0 spiro atoms. The molecule has 106 valence electrons. The lowest BCUT2D eigenvalue weighted by molar-refractivity contribution is 0.105. The largest absolute Gasteiger partial charge is 0.289 e. The lowest BCUT2D eigenvalue weighted by Gasteiger charge is -2.04. The fraction of sp³-hybridized carbons (Fsp3) is 0. The standard InChI is InChI=1S/C19H10F2O/c20-17-9-12-6-14-8-15(11-4-2-1-3-5-11)19(22)16(14)7-13(12)10-18(17)21/h1-10H. The maximum atomic E-state index is 13.4. The second-order valence-corrected chi connectivity index (χ2v) is 5.31. The molecule has 0 saturated heterocycles. The zero-order valence-electron chi connectivity index (χ0n) is 11.4. The van der Waals surface area contributed by atoms with Gasteiger partial charge in [-0.3, -0.25) is 4.79 Å². The van der Waals surface area contributed by atoms with Gasteiger partial charge in [0.05, 0.1) is 0 Å². The van der Waals surface area contributed by atoms with E-state index in [1.807, 2.05) is 30.3 Å². The number of hydrogen-bond donors (Lipinski definition) is 0. The van der Waals surface area contributed by atoms with Crippen LogP contribution in [0.2, 0.25) is 0 Å². The van der Waals surface area contributed by atoms with Crippen LogP contribution in [0, 0.1) is 11.6 Å². The molecular formula is C19H10F2O. The van der Waals surface area contributed by atoms with E-state index in [4.69, 9.17) is 0 Å². The lowest BCUT2D eigenvalue weighted by Crippen LogP contribution is -1.98. The van der Waals surface area contributed by atoms with Gasteiger partial charge in [-0.15, -0.1) is 0 Å². The number of rotatable bonds is 1. The van der Waals surface area contributed by atoms with E-state index in [9.17, 15) is 13.6 Å². The van der Waals surface area contributed by atoms with Crippen molar-refractivity contribution in [1.29, 1.82) is 0 Å². The van der Waals surface area contributed by atoms with Crippen molar-refractivity contribution in [3.05, 3.63) is 82.9 Å². The van der Waals surface area contributed by atoms with Crippen molar-refractivity contribution < 1.29 is 13.6 Å². The maximum Gasteiger partial charge on any atom is 0.194 e. The summed E-state index contributed by atoms with van der Waals surface area (Å²) < 4.78 is 26.7. The highest BCUT2D eigenvalue weighted by Crippen LogP contribution is 2.34. The number of fused-ring (bicyclic) bond motifs is 2. The van der Waals surface area contributed by atoms with Gasteiger partial charge in [0.25, 0.3) is 0 Å². The van der Waals surface area contributed by atoms with Gasteiger partial charge in [0.2, 0.25) is 0 Å². The van der Waals surface area contributed by atoms with Crippen LogP contribution >= 0.6 is 0 Å². The van der Waals surface area contributed by atoms with Crippen LogP contribution in [0.3, 0.4) is 0 Å². The maximum absolute atomic E-state index is 13.4. The number of benzene rings is 3. The number of halogens is 2.